The van der Waals surface area contributed by atoms with Crippen molar-refractivity contribution in [1.82, 2.24) is 4.90 Å². The number of amides is 3. The molecule has 3 heterocycles. The number of benzene rings is 2. The topological polar surface area (TPSA) is 81.2 Å². The van der Waals surface area contributed by atoms with Gasteiger partial charge in [0.1, 0.15) is 6.04 Å². The van der Waals surface area contributed by atoms with Crippen LogP contribution in [0.25, 0.3) is 0 Å². The van der Waals surface area contributed by atoms with Crippen molar-refractivity contribution in [3.63, 3.8) is 0 Å². The van der Waals surface area contributed by atoms with Crippen molar-refractivity contribution in [3.05, 3.63) is 85.0 Å². The fourth-order valence-electron chi connectivity index (χ4n) is 7.59. The summed E-state index contributed by atoms with van der Waals surface area (Å²) in [5.74, 6) is -1.66. The number of aliphatic hydroxyl groups is 1. The van der Waals surface area contributed by atoms with Gasteiger partial charge in [-0.3, -0.25) is 14.4 Å². The summed E-state index contributed by atoms with van der Waals surface area (Å²) in [4.78, 5) is 49.0. The van der Waals surface area contributed by atoms with E-state index in [4.69, 9.17) is 0 Å². The smallest absolute Gasteiger partial charge is 0.251 e. The summed E-state index contributed by atoms with van der Waals surface area (Å²) in [5.41, 5.74) is 3.53. The summed E-state index contributed by atoms with van der Waals surface area (Å²) in [7, 11) is 0. The van der Waals surface area contributed by atoms with Gasteiger partial charge in [0.2, 0.25) is 11.8 Å². The molecule has 1 N–H and O–H groups in total. The maximum atomic E-state index is 14.8. The number of hydrogen-bond donors (Lipinski definition) is 1. The van der Waals surface area contributed by atoms with Crippen LogP contribution in [-0.4, -0.2) is 69.5 Å². The fraction of sp³-hybridized carbons (Fsp3) is 0.441. The Morgan fingerprint density at radius 1 is 1.00 bits per heavy atom. The van der Waals surface area contributed by atoms with Gasteiger partial charge in [-0.05, 0) is 63.3 Å². The summed E-state index contributed by atoms with van der Waals surface area (Å²) in [6.45, 7) is 14.7. The highest BCUT2D eigenvalue weighted by molar-refractivity contribution is 8.02. The molecule has 0 saturated carbocycles. The Morgan fingerprint density at radius 2 is 1.64 bits per heavy atom. The first-order chi connectivity index (χ1) is 20.1. The standard InChI is InChI=1S/C34H41N3O4S/c1-6-19-35(25-15-9-8-10-16-25)30(39)26-27-31(40)37(21-12-22-38)29(34(27)18-17-33(26,5)42-34)32(41)36(20-7-2)28-23(3)13-11-14-24(28)4/h6-11,13-16,26-27,29,38H,1-2,12,17-22H2,3-5H3/t26-,27-,29?,33+,34?/m0/s1. The minimum atomic E-state index is -0.755. The zero-order valence-corrected chi connectivity index (χ0v) is 25.6. The third-order valence-corrected chi connectivity index (χ3v) is 11.3. The molecular formula is C34H41N3O4S. The van der Waals surface area contributed by atoms with Gasteiger partial charge in [0.25, 0.3) is 5.91 Å². The van der Waals surface area contributed by atoms with Gasteiger partial charge in [0.15, 0.2) is 0 Å². The number of para-hydroxylation sites is 2. The summed E-state index contributed by atoms with van der Waals surface area (Å²) >= 11 is 1.66. The molecule has 0 radical (unpaired) electrons. The Kier molecular flexibility index (Phi) is 8.41. The van der Waals surface area contributed by atoms with Crippen LogP contribution in [0.1, 0.15) is 37.3 Å². The molecule has 2 bridgehead atoms. The van der Waals surface area contributed by atoms with E-state index >= 15 is 0 Å². The van der Waals surface area contributed by atoms with Crippen molar-refractivity contribution in [2.75, 3.05) is 36.0 Å². The lowest BCUT2D eigenvalue weighted by Gasteiger charge is -2.38. The largest absolute Gasteiger partial charge is 0.396 e. The number of fused-ring (bicyclic) bond motifs is 1. The van der Waals surface area contributed by atoms with Gasteiger partial charge < -0.3 is 19.8 Å². The Balaban J connectivity index is 1.61. The van der Waals surface area contributed by atoms with E-state index in [2.05, 4.69) is 20.1 Å². The van der Waals surface area contributed by atoms with Crippen molar-refractivity contribution in [2.24, 2.45) is 11.8 Å². The number of nitrogens with zero attached hydrogens (tertiary/aromatic N) is 3. The molecule has 5 rings (SSSR count). The van der Waals surface area contributed by atoms with Crippen LogP contribution in [0, 0.1) is 25.7 Å². The lowest BCUT2D eigenvalue weighted by Crippen LogP contribution is -2.55. The molecule has 0 aliphatic carbocycles. The summed E-state index contributed by atoms with van der Waals surface area (Å²) < 4.78 is -1.24. The van der Waals surface area contributed by atoms with Crippen molar-refractivity contribution in [3.8, 4) is 0 Å². The highest BCUT2D eigenvalue weighted by Gasteiger charge is 2.77. The number of carbonyl (C=O) groups excluding carboxylic acids is 3. The maximum Gasteiger partial charge on any atom is 0.251 e. The number of rotatable bonds is 11. The van der Waals surface area contributed by atoms with Gasteiger partial charge in [-0.1, -0.05) is 48.6 Å². The Bertz CT molecular complexity index is 1380. The molecule has 2 unspecified atom stereocenters. The van der Waals surface area contributed by atoms with E-state index in [1.165, 1.54) is 0 Å². The molecule has 8 heteroatoms. The average molecular weight is 588 g/mol. The second-order valence-corrected chi connectivity index (χ2v) is 13.8. The molecule has 1 spiro atoms. The van der Waals surface area contributed by atoms with Crippen LogP contribution >= 0.6 is 11.8 Å². The van der Waals surface area contributed by atoms with Crippen LogP contribution in [0.5, 0.6) is 0 Å². The Morgan fingerprint density at radius 3 is 2.26 bits per heavy atom. The van der Waals surface area contributed by atoms with E-state index in [-0.39, 0.29) is 30.9 Å². The lowest BCUT2D eigenvalue weighted by molar-refractivity contribution is -0.139. The first kappa shape index (κ1) is 30.1. The van der Waals surface area contributed by atoms with Crippen LogP contribution in [0.15, 0.2) is 73.8 Å². The Hall–Kier alpha value is -3.36. The zero-order chi connectivity index (χ0) is 30.2. The van der Waals surface area contributed by atoms with Crippen molar-refractivity contribution < 1.29 is 19.5 Å². The van der Waals surface area contributed by atoms with Gasteiger partial charge >= 0.3 is 0 Å². The third-order valence-electron chi connectivity index (χ3n) is 9.27. The molecule has 7 nitrogen and oxygen atoms in total. The van der Waals surface area contributed by atoms with Crippen LogP contribution in [-0.2, 0) is 14.4 Å². The highest BCUT2D eigenvalue weighted by Crippen LogP contribution is 2.71. The van der Waals surface area contributed by atoms with Gasteiger partial charge in [0.05, 0.1) is 16.6 Å². The second kappa shape index (κ2) is 11.7. The molecular weight excluding hydrogens is 546 g/mol. The van der Waals surface area contributed by atoms with Gasteiger partial charge in [-0.2, -0.15) is 0 Å². The second-order valence-electron chi connectivity index (χ2n) is 11.9. The van der Waals surface area contributed by atoms with Crippen LogP contribution in [0.3, 0.4) is 0 Å². The number of aliphatic hydroxyl groups excluding tert-OH is 1. The van der Waals surface area contributed by atoms with Crippen LogP contribution in [0.4, 0.5) is 11.4 Å². The summed E-state index contributed by atoms with van der Waals surface area (Å²) in [6.07, 6.45) is 5.18. The normalized spacial score (nSPS) is 27.6. The fourth-order valence-corrected chi connectivity index (χ4v) is 9.93. The molecule has 3 aliphatic heterocycles. The van der Waals surface area contributed by atoms with Gasteiger partial charge in [0, 0.05) is 42.4 Å². The highest BCUT2D eigenvalue weighted by atomic mass is 32.2. The van der Waals surface area contributed by atoms with E-state index in [1.54, 1.807) is 38.6 Å². The van der Waals surface area contributed by atoms with Gasteiger partial charge in [-0.15, -0.1) is 24.9 Å². The van der Waals surface area contributed by atoms with Crippen molar-refractivity contribution >= 4 is 40.9 Å². The molecule has 3 amide bonds. The third kappa shape index (κ3) is 4.69. The number of hydrogen-bond acceptors (Lipinski definition) is 5. The lowest BCUT2D eigenvalue weighted by atomic mass is 9.66. The first-order valence-electron chi connectivity index (χ1n) is 14.7. The SMILES string of the molecule is C=CCN(C(=O)[C@@H]1[C@H]2C(=O)N(CCCO)C(C(=O)N(CC=C)c3c(C)cccc3C)C23CC[C@@]1(C)S3)c1ccccc1. The van der Waals surface area contributed by atoms with E-state index < -0.39 is 27.4 Å². The zero-order valence-electron chi connectivity index (χ0n) is 24.8. The van der Waals surface area contributed by atoms with E-state index in [1.807, 2.05) is 62.4 Å². The van der Waals surface area contributed by atoms with Crippen molar-refractivity contribution in [1.29, 1.82) is 0 Å². The average Bonchev–Trinajstić information content (AvgIpc) is 3.54. The van der Waals surface area contributed by atoms with E-state index in [0.717, 1.165) is 28.9 Å². The number of carbonyl (C=O) groups is 3. The number of aryl methyl sites for hydroxylation is 2. The number of likely N-dealkylation sites (tertiary alicyclic amines) is 1. The minimum Gasteiger partial charge on any atom is -0.396 e. The molecule has 42 heavy (non-hydrogen) atoms. The van der Waals surface area contributed by atoms with E-state index in [0.29, 0.717) is 25.9 Å². The number of anilines is 2. The molecule has 0 aromatic heterocycles. The van der Waals surface area contributed by atoms with Gasteiger partial charge in [-0.25, -0.2) is 0 Å². The molecule has 3 fully saturated rings. The molecule has 3 aliphatic rings. The molecule has 222 valence electrons. The Labute approximate surface area is 253 Å². The quantitative estimate of drug-likeness (QED) is 0.378. The molecule has 2 aromatic carbocycles. The number of thioether (sulfide) groups is 1. The summed E-state index contributed by atoms with van der Waals surface area (Å²) in [5, 5.41) is 9.73. The van der Waals surface area contributed by atoms with Crippen LogP contribution < -0.4 is 9.80 Å². The maximum absolute atomic E-state index is 14.8. The minimum absolute atomic E-state index is 0.0933. The molecule has 5 atom stereocenters. The molecule has 3 saturated heterocycles. The molecule has 2 aromatic rings. The monoisotopic (exact) mass is 587 g/mol. The van der Waals surface area contributed by atoms with Crippen molar-refractivity contribution in [2.45, 2.75) is 55.6 Å². The predicted molar refractivity (Wildman–Crippen MR) is 170 cm³/mol. The van der Waals surface area contributed by atoms with E-state index in [9.17, 15) is 19.5 Å². The summed E-state index contributed by atoms with van der Waals surface area (Å²) in [6, 6.07) is 14.7. The first-order valence-corrected chi connectivity index (χ1v) is 15.5. The van der Waals surface area contributed by atoms with Crippen LogP contribution in [0.2, 0.25) is 0 Å². The predicted octanol–water partition coefficient (Wildman–Crippen LogP) is 4.91.